The summed E-state index contributed by atoms with van der Waals surface area (Å²) in [6.45, 7) is 0. The van der Waals surface area contributed by atoms with E-state index in [1.54, 1.807) is 18.2 Å². The van der Waals surface area contributed by atoms with E-state index in [1.807, 2.05) is 30.5 Å². The number of rotatable bonds is 5. The fourth-order valence-corrected chi connectivity index (χ4v) is 4.11. The second-order valence-electron chi connectivity index (χ2n) is 6.81. The lowest BCUT2D eigenvalue weighted by molar-refractivity contribution is 0.601. The van der Waals surface area contributed by atoms with Crippen molar-refractivity contribution in [3.05, 3.63) is 78.0 Å². The molecule has 0 aliphatic heterocycles. The lowest BCUT2D eigenvalue weighted by Crippen LogP contribution is -2.12. The van der Waals surface area contributed by atoms with Gasteiger partial charge in [0.25, 0.3) is 10.0 Å². The Balaban J connectivity index is 1.55. The Morgan fingerprint density at radius 2 is 1.86 bits per heavy atom. The monoisotopic (exact) mass is 390 g/mol. The van der Waals surface area contributed by atoms with Crippen LogP contribution < -0.4 is 10.5 Å². The van der Waals surface area contributed by atoms with Crippen molar-refractivity contribution in [2.24, 2.45) is 5.73 Å². The Bertz CT molecular complexity index is 1150. The molecule has 1 aliphatic carbocycles. The first-order valence-corrected chi connectivity index (χ1v) is 10.3. The summed E-state index contributed by atoms with van der Waals surface area (Å²) in [6, 6.07) is 19.0. The van der Waals surface area contributed by atoms with Gasteiger partial charge in [0.1, 0.15) is 0 Å². The molecule has 2 unspecified atom stereocenters. The van der Waals surface area contributed by atoms with Gasteiger partial charge in [0.05, 0.1) is 22.2 Å². The highest BCUT2D eigenvalue weighted by Gasteiger charge is 2.34. The van der Waals surface area contributed by atoms with E-state index >= 15 is 0 Å². The zero-order valence-electron chi connectivity index (χ0n) is 14.9. The van der Waals surface area contributed by atoms with Crippen LogP contribution in [0.3, 0.4) is 0 Å². The minimum atomic E-state index is -3.75. The standard InChI is InChI=1S/C21H18N4O2S/c22-12-14-4-7-18(8-5-14)28(26,27)25-17-3-1-2-15(10-17)21-9-6-16(13-24-21)19-11-20(19)23/h1-10,13,19-20,25H,11,23H2. The fourth-order valence-electron chi connectivity index (χ4n) is 3.06. The van der Waals surface area contributed by atoms with Crippen LogP contribution in [0, 0.1) is 11.3 Å². The maximum Gasteiger partial charge on any atom is 0.261 e. The molecule has 28 heavy (non-hydrogen) atoms. The van der Waals surface area contributed by atoms with E-state index in [1.165, 1.54) is 24.3 Å². The average Bonchev–Trinajstić information content (AvgIpc) is 3.44. The largest absolute Gasteiger partial charge is 0.327 e. The molecule has 0 amide bonds. The number of nitrogens with zero attached hydrogens (tertiary/aromatic N) is 2. The summed E-state index contributed by atoms with van der Waals surface area (Å²) < 4.78 is 27.7. The van der Waals surface area contributed by atoms with E-state index < -0.39 is 10.0 Å². The predicted octanol–water partition coefficient (Wildman–Crippen LogP) is 3.24. The number of pyridine rings is 1. The third kappa shape index (κ3) is 3.74. The first-order valence-electron chi connectivity index (χ1n) is 8.81. The highest BCUT2D eigenvalue weighted by Crippen LogP contribution is 2.39. The molecule has 1 aliphatic rings. The molecule has 7 heteroatoms. The van der Waals surface area contributed by atoms with Crippen molar-refractivity contribution in [2.75, 3.05) is 4.72 Å². The van der Waals surface area contributed by atoms with Gasteiger partial charge in [-0.3, -0.25) is 9.71 Å². The molecule has 0 bridgehead atoms. The zero-order chi connectivity index (χ0) is 19.7. The highest BCUT2D eigenvalue weighted by atomic mass is 32.2. The van der Waals surface area contributed by atoms with Crippen LogP contribution in [0.25, 0.3) is 11.3 Å². The third-order valence-electron chi connectivity index (χ3n) is 4.76. The van der Waals surface area contributed by atoms with Crippen LogP contribution in [0.2, 0.25) is 0 Å². The molecule has 6 nitrogen and oxygen atoms in total. The molecule has 0 spiro atoms. The molecular weight excluding hydrogens is 372 g/mol. The average molecular weight is 390 g/mol. The minimum Gasteiger partial charge on any atom is -0.327 e. The second-order valence-corrected chi connectivity index (χ2v) is 8.49. The van der Waals surface area contributed by atoms with Crippen LogP contribution in [0.15, 0.2) is 71.8 Å². The van der Waals surface area contributed by atoms with Gasteiger partial charge in [0.15, 0.2) is 0 Å². The maximum atomic E-state index is 12.6. The fraction of sp³-hybridized carbons (Fsp3) is 0.143. The van der Waals surface area contributed by atoms with Gasteiger partial charge < -0.3 is 5.73 Å². The molecule has 2 aromatic carbocycles. The van der Waals surface area contributed by atoms with E-state index in [-0.39, 0.29) is 10.9 Å². The van der Waals surface area contributed by atoms with Crippen LogP contribution in [-0.2, 0) is 10.0 Å². The molecule has 1 aromatic heterocycles. The number of benzene rings is 2. The smallest absolute Gasteiger partial charge is 0.261 e. The lowest BCUT2D eigenvalue weighted by atomic mass is 10.1. The predicted molar refractivity (Wildman–Crippen MR) is 107 cm³/mol. The second kappa shape index (κ2) is 7.08. The normalized spacial score (nSPS) is 18.3. The SMILES string of the molecule is N#Cc1ccc(S(=O)(=O)Nc2cccc(-c3ccc(C4CC4N)cn3)c2)cc1. The summed E-state index contributed by atoms with van der Waals surface area (Å²) in [7, 11) is -3.75. The molecular formula is C21H18N4O2S. The van der Waals surface area contributed by atoms with Crippen LogP contribution in [-0.4, -0.2) is 19.4 Å². The molecule has 1 heterocycles. The highest BCUT2D eigenvalue weighted by molar-refractivity contribution is 7.92. The van der Waals surface area contributed by atoms with Crippen LogP contribution in [0.1, 0.15) is 23.5 Å². The Kier molecular flexibility index (Phi) is 4.59. The molecule has 0 radical (unpaired) electrons. The van der Waals surface area contributed by atoms with E-state index in [2.05, 4.69) is 9.71 Å². The number of aromatic nitrogens is 1. The minimum absolute atomic E-state index is 0.0974. The number of anilines is 1. The van der Waals surface area contributed by atoms with Crippen molar-refractivity contribution in [1.29, 1.82) is 5.26 Å². The number of hydrogen-bond acceptors (Lipinski definition) is 5. The van der Waals surface area contributed by atoms with E-state index in [0.29, 0.717) is 17.2 Å². The number of nitriles is 1. The first-order chi connectivity index (χ1) is 13.5. The number of nitrogens with one attached hydrogen (secondary N) is 1. The van der Waals surface area contributed by atoms with Crippen molar-refractivity contribution >= 4 is 15.7 Å². The van der Waals surface area contributed by atoms with Gasteiger partial charge in [-0.05, 0) is 54.4 Å². The summed E-state index contributed by atoms with van der Waals surface area (Å²) in [6.07, 6.45) is 2.83. The molecule has 1 fully saturated rings. The zero-order valence-corrected chi connectivity index (χ0v) is 15.7. The van der Waals surface area contributed by atoms with Gasteiger partial charge in [0.2, 0.25) is 0 Å². The quantitative estimate of drug-likeness (QED) is 0.695. The van der Waals surface area contributed by atoms with Crippen LogP contribution in [0.4, 0.5) is 5.69 Å². The summed E-state index contributed by atoms with van der Waals surface area (Å²) in [5, 5.41) is 8.84. The maximum absolute atomic E-state index is 12.6. The van der Waals surface area contributed by atoms with E-state index in [0.717, 1.165) is 23.2 Å². The summed E-state index contributed by atoms with van der Waals surface area (Å²) in [5.74, 6) is 0.395. The molecule has 1 saturated carbocycles. The van der Waals surface area contributed by atoms with Gasteiger partial charge in [-0.1, -0.05) is 18.2 Å². The number of nitrogens with two attached hydrogens (primary N) is 1. The third-order valence-corrected chi connectivity index (χ3v) is 6.16. The van der Waals surface area contributed by atoms with Crippen molar-refractivity contribution in [1.82, 2.24) is 4.98 Å². The van der Waals surface area contributed by atoms with Gasteiger partial charge >= 0.3 is 0 Å². The van der Waals surface area contributed by atoms with Crippen LogP contribution >= 0.6 is 0 Å². The molecule has 140 valence electrons. The molecule has 4 rings (SSSR count). The topological polar surface area (TPSA) is 109 Å². The summed E-state index contributed by atoms with van der Waals surface area (Å²) >= 11 is 0. The van der Waals surface area contributed by atoms with Crippen LogP contribution in [0.5, 0.6) is 0 Å². The molecule has 0 saturated heterocycles. The Morgan fingerprint density at radius 3 is 2.46 bits per heavy atom. The van der Waals surface area contributed by atoms with E-state index in [4.69, 9.17) is 11.0 Å². The van der Waals surface area contributed by atoms with Gasteiger partial charge in [-0.2, -0.15) is 5.26 Å². The Labute approximate surface area is 163 Å². The number of sulfonamides is 1. The van der Waals surface area contributed by atoms with E-state index in [9.17, 15) is 8.42 Å². The molecule has 3 N–H and O–H groups in total. The first kappa shape index (κ1) is 18.2. The molecule has 2 atom stereocenters. The van der Waals surface area contributed by atoms with Gasteiger partial charge in [-0.25, -0.2) is 8.42 Å². The van der Waals surface area contributed by atoms with Gasteiger partial charge in [-0.15, -0.1) is 0 Å². The number of hydrogen-bond donors (Lipinski definition) is 2. The lowest BCUT2D eigenvalue weighted by Gasteiger charge is -2.10. The van der Waals surface area contributed by atoms with Crippen molar-refractivity contribution in [2.45, 2.75) is 23.3 Å². The summed E-state index contributed by atoms with van der Waals surface area (Å²) in [4.78, 5) is 4.59. The van der Waals surface area contributed by atoms with Crippen molar-refractivity contribution in [3.63, 3.8) is 0 Å². The van der Waals surface area contributed by atoms with Gasteiger partial charge in [0, 0.05) is 29.4 Å². The molecule has 3 aromatic rings. The Hall–Kier alpha value is -3.21. The van der Waals surface area contributed by atoms with Crippen molar-refractivity contribution in [3.8, 4) is 17.3 Å². The summed E-state index contributed by atoms with van der Waals surface area (Å²) in [5.41, 5.74) is 9.43. The Morgan fingerprint density at radius 1 is 1.11 bits per heavy atom. The van der Waals surface area contributed by atoms with Crippen molar-refractivity contribution < 1.29 is 8.42 Å².